The lowest BCUT2D eigenvalue weighted by Gasteiger charge is -2.45. The van der Waals surface area contributed by atoms with Gasteiger partial charge in [-0.05, 0) is 29.2 Å². The van der Waals surface area contributed by atoms with Gasteiger partial charge < -0.3 is 4.74 Å². The number of likely N-dealkylation sites (tertiary alicyclic amines) is 1. The third kappa shape index (κ3) is 3.07. The van der Waals surface area contributed by atoms with Crippen LogP contribution in [0.5, 0.6) is 0 Å². The van der Waals surface area contributed by atoms with Crippen LogP contribution < -0.4 is 0 Å². The lowest BCUT2D eigenvalue weighted by atomic mass is 9.55. The van der Waals surface area contributed by atoms with Gasteiger partial charge in [0.05, 0.1) is 11.8 Å². The highest BCUT2D eigenvalue weighted by atomic mass is 16.5. The fraction of sp³-hybridized carbons (Fsp3) is 0.407. The number of carbonyl (C=O) groups is 4. The van der Waals surface area contributed by atoms with Crippen molar-refractivity contribution in [1.29, 1.82) is 0 Å². The minimum atomic E-state index is -1.09. The molecule has 0 saturated carbocycles. The molecular formula is C27H27NO5. The van der Waals surface area contributed by atoms with Crippen LogP contribution in [0, 0.1) is 17.3 Å². The Labute approximate surface area is 192 Å². The Morgan fingerprint density at radius 3 is 1.61 bits per heavy atom. The highest BCUT2D eigenvalue weighted by molar-refractivity contribution is 6.10. The number of benzene rings is 2. The summed E-state index contributed by atoms with van der Waals surface area (Å²) in [5, 5.41) is 0. The van der Waals surface area contributed by atoms with E-state index in [0.29, 0.717) is 0 Å². The zero-order chi connectivity index (χ0) is 23.7. The van der Waals surface area contributed by atoms with E-state index in [1.807, 2.05) is 48.5 Å². The second-order valence-electron chi connectivity index (χ2n) is 10.3. The monoisotopic (exact) mass is 445 g/mol. The molecule has 1 fully saturated rings. The molecule has 6 heteroatoms. The molecule has 3 aliphatic carbocycles. The molecule has 6 nitrogen and oxygen atoms in total. The van der Waals surface area contributed by atoms with E-state index >= 15 is 0 Å². The average molecular weight is 446 g/mol. The van der Waals surface area contributed by atoms with Gasteiger partial charge >= 0.3 is 5.97 Å². The number of esters is 1. The van der Waals surface area contributed by atoms with Gasteiger partial charge in [0.15, 0.2) is 12.4 Å². The summed E-state index contributed by atoms with van der Waals surface area (Å²) in [6, 6.07) is 14.9. The molecule has 4 aliphatic rings. The van der Waals surface area contributed by atoms with Crippen LogP contribution in [0.25, 0.3) is 0 Å². The van der Waals surface area contributed by atoms with Crippen molar-refractivity contribution in [3.8, 4) is 0 Å². The van der Waals surface area contributed by atoms with Crippen molar-refractivity contribution < 1.29 is 23.9 Å². The Hall–Kier alpha value is -3.28. The maximum Gasteiger partial charge on any atom is 0.329 e. The molecule has 1 heterocycles. The first-order chi connectivity index (χ1) is 15.6. The van der Waals surface area contributed by atoms with Gasteiger partial charge in [-0.15, -0.1) is 0 Å². The summed E-state index contributed by atoms with van der Waals surface area (Å²) in [5.74, 6) is -3.17. The van der Waals surface area contributed by atoms with Crippen LogP contribution in [0.15, 0.2) is 48.5 Å². The smallest absolute Gasteiger partial charge is 0.329 e. The summed E-state index contributed by atoms with van der Waals surface area (Å²) in [6.45, 7) is 6.36. The number of imide groups is 1. The molecule has 0 unspecified atom stereocenters. The van der Waals surface area contributed by atoms with Gasteiger partial charge in [0.1, 0.15) is 6.04 Å². The highest BCUT2D eigenvalue weighted by Crippen LogP contribution is 2.61. The van der Waals surface area contributed by atoms with Crippen LogP contribution in [0.2, 0.25) is 0 Å². The van der Waals surface area contributed by atoms with E-state index in [-0.39, 0.29) is 36.0 Å². The predicted octanol–water partition coefficient (Wildman–Crippen LogP) is 3.43. The fourth-order valence-electron chi connectivity index (χ4n) is 5.66. The molecule has 170 valence electrons. The third-order valence-electron chi connectivity index (χ3n) is 7.39. The van der Waals surface area contributed by atoms with E-state index in [0.717, 1.165) is 27.2 Å². The van der Waals surface area contributed by atoms with Crippen LogP contribution in [-0.2, 0) is 23.9 Å². The molecule has 2 amide bonds. The number of rotatable bonds is 4. The summed E-state index contributed by atoms with van der Waals surface area (Å²) in [6.07, 6.45) is 0. The lowest BCUT2D eigenvalue weighted by Crippen LogP contribution is -2.45. The van der Waals surface area contributed by atoms with Gasteiger partial charge in [-0.2, -0.15) is 0 Å². The van der Waals surface area contributed by atoms with Crippen LogP contribution in [0.4, 0.5) is 0 Å². The Kier molecular flexibility index (Phi) is 4.82. The zero-order valence-electron chi connectivity index (χ0n) is 19.2. The first-order valence-corrected chi connectivity index (χ1v) is 11.4. The Morgan fingerprint density at radius 1 is 0.848 bits per heavy atom. The molecule has 33 heavy (non-hydrogen) atoms. The van der Waals surface area contributed by atoms with E-state index in [1.54, 1.807) is 20.8 Å². The zero-order valence-corrected chi connectivity index (χ0v) is 19.2. The van der Waals surface area contributed by atoms with E-state index in [2.05, 4.69) is 0 Å². The van der Waals surface area contributed by atoms with Gasteiger partial charge in [0.25, 0.3) is 0 Å². The Balaban J connectivity index is 1.47. The van der Waals surface area contributed by atoms with E-state index in [1.165, 1.54) is 6.92 Å². The average Bonchev–Trinajstić information content (AvgIpc) is 3.06. The number of carbonyl (C=O) groups excluding carboxylic acids is 4. The van der Waals surface area contributed by atoms with Crippen LogP contribution >= 0.6 is 0 Å². The third-order valence-corrected chi connectivity index (χ3v) is 7.39. The minimum absolute atomic E-state index is 0.222. The maximum atomic E-state index is 13.6. The van der Waals surface area contributed by atoms with Gasteiger partial charge in [0, 0.05) is 17.3 Å². The van der Waals surface area contributed by atoms with Crippen molar-refractivity contribution in [2.45, 2.75) is 45.6 Å². The van der Waals surface area contributed by atoms with Gasteiger partial charge in [-0.1, -0.05) is 69.3 Å². The molecule has 0 spiro atoms. The number of nitrogens with zero attached hydrogens (tertiary/aromatic N) is 1. The molecule has 2 bridgehead atoms. The van der Waals surface area contributed by atoms with Crippen molar-refractivity contribution >= 4 is 23.6 Å². The van der Waals surface area contributed by atoms with Gasteiger partial charge in [0.2, 0.25) is 11.8 Å². The molecule has 0 N–H and O–H groups in total. The van der Waals surface area contributed by atoms with E-state index in [4.69, 9.17) is 4.74 Å². The van der Waals surface area contributed by atoms with Gasteiger partial charge in [-0.25, -0.2) is 4.79 Å². The normalized spacial score (nSPS) is 25.9. The quantitative estimate of drug-likeness (QED) is 0.532. The molecule has 1 aliphatic heterocycles. The number of hydrogen-bond donors (Lipinski definition) is 0. The van der Waals surface area contributed by atoms with Crippen molar-refractivity contribution in [2.75, 3.05) is 6.61 Å². The van der Waals surface area contributed by atoms with Crippen molar-refractivity contribution in [2.24, 2.45) is 17.3 Å². The fourth-order valence-corrected chi connectivity index (χ4v) is 5.66. The summed E-state index contributed by atoms with van der Waals surface area (Å²) < 4.78 is 5.21. The van der Waals surface area contributed by atoms with Crippen molar-refractivity contribution in [3.63, 3.8) is 0 Å². The number of ether oxygens (including phenoxy) is 1. The Morgan fingerprint density at radius 2 is 1.24 bits per heavy atom. The van der Waals surface area contributed by atoms with Gasteiger partial charge in [-0.3, -0.25) is 19.3 Å². The summed E-state index contributed by atoms with van der Waals surface area (Å²) in [5.41, 5.74) is 3.68. The molecule has 1 saturated heterocycles. The van der Waals surface area contributed by atoms with Crippen LogP contribution in [-0.4, -0.2) is 41.1 Å². The molecule has 0 aromatic heterocycles. The largest absolute Gasteiger partial charge is 0.456 e. The first kappa shape index (κ1) is 21.6. The number of hydrogen-bond acceptors (Lipinski definition) is 5. The number of amides is 2. The van der Waals surface area contributed by atoms with E-state index in [9.17, 15) is 19.2 Å². The van der Waals surface area contributed by atoms with Crippen molar-refractivity contribution in [1.82, 2.24) is 4.90 Å². The molecule has 3 atom stereocenters. The second kappa shape index (κ2) is 7.37. The number of Topliss-reactive ketones (excluding diaryl/α,β-unsaturated/α-hetero) is 1. The first-order valence-electron chi connectivity index (χ1n) is 11.4. The summed E-state index contributed by atoms with van der Waals surface area (Å²) >= 11 is 0. The summed E-state index contributed by atoms with van der Waals surface area (Å²) in [4.78, 5) is 53.3. The maximum absolute atomic E-state index is 13.6. The molecule has 2 aromatic carbocycles. The predicted molar refractivity (Wildman–Crippen MR) is 120 cm³/mol. The minimum Gasteiger partial charge on any atom is -0.456 e. The topological polar surface area (TPSA) is 80.8 Å². The molecule has 0 radical (unpaired) electrons. The van der Waals surface area contributed by atoms with Crippen molar-refractivity contribution in [3.05, 3.63) is 70.8 Å². The lowest BCUT2D eigenvalue weighted by molar-refractivity contribution is -0.160. The standard InChI is InChI=1S/C27H27NO5/c1-14(26(32)33-13-19(29)27(2,3)4)28-24(30)22-20-15-9-5-6-10-16(15)21(23(22)25(28)31)18-12-8-7-11-17(18)20/h5-12,14,20-23H,13H2,1-4H3/t14-,20?,21?,22+,23+/m1/s1. The SMILES string of the molecule is C[C@H](C(=O)OCC(=O)C(C)(C)C)N1C(=O)[C@H]2C3c4ccccc4C(c4ccccc43)[C@@H]2C1=O. The molecule has 2 aromatic rings. The molecular weight excluding hydrogens is 418 g/mol. The number of ketones is 1. The second-order valence-corrected chi connectivity index (χ2v) is 10.3. The van der Waals surface area contributed by atoms with Crippen LogP contribution in [0.3, 0.4) is 0 Å². The Bertz CT molecular complexity index is 1080. The van der Waals surface area contributed by atoms with Crippen LogP contribution in [0.1, 0.15) is 61.8 Å². The highest BCUT2D eigenvalue weighted by Gasteiger charge is 2.62. The van der Waals surface area contributed by atoms with E-state index < -0.39 is 29.3 Å². The summed E-state index contributed by atoms with van der Waals surface area (Å²) in [7, 11) is 0. The molecule has 6 rings (SSSR count).